The second kappa shape index (κ2) is 12.6. The summed E-state index contributed by atoms with van der Waals surface area (Å²) < 4.78 is 20.3. The Bertz CT molecular complexity index is 1180. The zero-order valence-electron chi connectivity index (χ0n) is 28.8. The van der Waals surface area contributed by atoms with Crippen LogP contribution in [0.15, 0.2) is 24.3 Å². The lowest BCUT2D eigenvalue weighted by atomic mass is 9.69. The minimum absolute atomic E-state index is 0.0101. The van der Waals surface area contributed by atoms with E-state index >= 15 is 0 Å². The van der Waals surface area contributed by atoms with Crippen molar-refractivity contribution in [1.29, 1.82) is 0 Å². The highest BCUT2D eigenvalue weighted by atomic mass is 31.2. The number of hydrogen-bond donors (Lipinski definition) is 0. The third-order valence-electron chi connectivity index (χ3n) is 7.97. The predicted molar refractivity (Wildman–Crippen MR) is 178 cm³/mol. The van der Waals surface area contributed by atoms with Gasteiger partial charge >= 0.3 is 8.60 Å². The first-order valence-corrected chi connectivity index (χ1v) is 16.9. The fraction of sp³-hybridized carbons (Fsp3) is 0.676. The van der Waals surface area contributed by atoms with E-state index in [1.165, 1.54) is 46.2 Å². The molecule has 3 rings (SSSR count). The summed E-state index contributed by atoms with van der Waals surface area (Å²) >= 11 is 0. The van der Waals surface area contributed by atoms with Gasteiger partial charge in [0, 0.05) is 23.1 Å². The second-order valence-corrected chi connectivity index (χ2v) is 17.7. The molecule has 0 spiro atoms. The standard InChI is InChI=1S/C37H59O3P/c1-25(2)19-16-15-17-22-38-41-39-32-26(20-18-21-28(32)34(3,4)5)23-27-31(37(12,13)14)29(35(6,7)8)24-30(33(27)40-41)36(9,10)11/h18,20-21,24-25H,15-17,19,22-23H2,1-14H3. The van der Waals surface area contributed by atoms with Crippen LogP contribution in [0.5, 0.6) is 11.5 Å². The summed E-state index contributed by atoms with van der Waals surface area (Å²) in [6, 6.07) is 9.06. The Morgan fingerprint density at radius 1 is 0.707 bits per heavy atom. The quantitative estimate of drug-likeness (QED) is 0.240. The number of para-hydroxylation sites is 1. The Balaban J connectivity index is 2.25. The van der Waals surface area contributed by atoms with E-state index < -0.39 is 8.60 Å². The van der Waals surface area contributed by atoms with Crippen molar-refractivity contribution in [2.75, 3.05) is 6.61 Å². The summed E-state index contributed by atoms with van der Waals surface area (Å²) in [4.78, 5) is 0. The highest BCUT2D eigenvalue weighted by Gasteiger charge is 2.38. The summed E-state index contributed by atoms with van der Waals surface area (Å²) in [6.07, 6.45) is 5.45. The van der Waals surface area contributed by atoms with E-state index in [2.05, 4.69) is 121 Å². The molecule has 41 heavy (non-hydrogen) atoms. The topological polar surface area (TPSA) is 27.7 Å². The fourth-order valence-corrected chi connectivity index (χ4v) is 6.95. The molecule has 0 saturated heterocycles. The number of hydrogen-bond acceptors (Lipinski definition) is 3. The van der Waals surface area contributed by atoms with Crippen LogP contribution in [0.25, 0.3) is 0 Å². The van der Waals surface area contributed by atoms with E-state index in [4.69, 9.17) is 13.6 Å². The molecule has 230 valence electrons. The molecule has 2 aromatic rings. The molecule has 1 heterocycles. The van der Waals surface area contributed by atoms with Crippen LogP contribution in [0, 0.1) is 5.92 Å². The highest BCUT2D eigenvalue weighted by Crippen LogP contribution is 2.54. The fourth-order valence-electron chi connectivity index (χ4n) is 5.80. The molecule has 2 aromatic carbocycles. The molecule has 4 heteroatoms. The normalized spacial score (nSPS) is 16.4. The van der Waals surface area contributed by atoms with Crippen molar-refractivity contribution >= 4 is 8.60 Å². The van der Waals surface area contributed by atoms with Gasteiger partial charge in [-0.15, -0.1) is 0 Å². The maximum absolute atomic E-state index is 6.99. The Morgan fingerprint density at radius 2 is 1.29 bits per heavy atom. The van der Waals surface area contributed by atoms with Gasteiger partial charge in [0.15, 0.2) is 0 Å². The summed E-state index contributed by atoms with van der Waals surface area (Å²) in [6.45, 7) is 32.9. The molecule has 0 aromatic heterocycles. The average molecular weight is 583 g/mol. The molecule has 0 N–H and O–H groups in total. The largest absolute Gasteiger partial charge is 0.463 e. The lowest BCUT2D eigenvalue weighted by Gasteiger charge is -2.38. The van der Waals surface area contributed by atoms with Gasteiger partial charge in [0.25, 0.3) is 0 Å². The van der Waals surface area contributed by atoms with Gasteiger partial charge in [-0.1, -0.05) is 140 Å². The van der Waals surface area contributed by atoms with Gasteiger partial charge in [0.2, 0.25) is 0 Å². The van der Waals surface area contributed by atoms with Crippen molar-refractivity contribution in [2.45, 2.75) is 151 Å². The smallest absolute Gasteiger partial charge is 0.417 e. The van der Waals surface area contributed by atoms with E-state index in [-0.39, 0.29) is 21.7 Å². The Morgan fingerprint density at radius 3 is 1.83 bits per heavy atom. The van der Waals surface area contributed by atoms with Gasteiger partial charge < -0.3 is 9.05 Å². The molecule has 1 atom stereocenters. The minimum Gasteiger partial charge on any atom is -0.417 e. The number of rotatable bonds is 7. The van der Waals surface area contributed by atoms with Gasteiger partial charge in [-0.2, -0.15) is 0 Å². The van der Waals surface area contributed by atoms with Crippen LogP contribution in [0.1, 0.15) is 156 Å². The summed E-state index contributed by atoms with van der Waals surface area (Å²) in [5.41, 5.74) is 7.50. The third kappa shape index (κ3) is 8.51. The average Bonchev–Trinajstić information content (AvgIpc) is 2.78. The predicted octanol–water partition coefficient (Wildman–Crippen LogP) is 11.7. The van der Waals surface area contributed by atoms with E-state index in [0.717, 1.165) is 36.7 Å². The van der Waals surface area contributed by atoms with Crippen molar-refractivity contribution in [3.05, 3.63) is 57.6 Å². The van der Waals surface area contributed by atoms with Crippen molar-refractivity contribution in [3.63, 3.8) is 0 Å². The number of benzene rings is 2. The second-order valence-electron chi connectivity index (χ2n) is 16.6. The van der Waals surface area contributed by atoms with Gasteiger partial charge in [-0.05, 0) is 50.7 Å². The Labute approximate surface area is 254 Å². The van der Waals surface area contributed by atoms with Crippen LogP contribution in [0.4, 0.5) is 0 Å². The molecule has 0 radical (unpaired) electrons. The maximum Gasteiger partial charge on any atom is 0.463 e. The monoisotopic (exact) mass is 582 g/mol. The van der Waals surface area contributed by atoms with Gasteiger partial charge in [-0.3, -0.25) is 4.52 Å². The Hall–Kier alpha value is -1.57. The Kier molecular flexibility index (Phi) is 10.4. The molecule has 0 bridgehead atoms. The van der Waals surface area contributed by atoms with Crippen LogP contribution in [0.3, 0.4) is 0 Å². The van der Waals surface area contributed by atoms with Gasteiger partial charge in [0.1, 0.15) is 11.5 Å². The summed E-state index contributed by atoms with van der Waals surface area (Å²) in [7, 11) is -1.63. The summed E-state index contributed by atoms with van der Waals surface area (Å²) in [5.74, 6) is 2.65. The van der Waals surface area contributed by atoms with Crippen molar-refractivity contribution in [1.82, 2.24) is 0 Å². The molecule has 1 aliphatic heterocycles. The van der Waals surface area contributed by atoms with E-state index in [9.17, 15) is 0 Å². The summed E-state index contributed by atoms with van der Waals surface area (Å²) in [5, 5.41) is 0. The van der Waals surface area contributed by atoms with Crippen LogP contribution in [-0.4, -0.2) is 6.61 Å². The van der Waals surface area contributed by atoms with E-state index in [1.54, 1.807) is 0 Å². The first-order valence-electron chi connectivity index (χ1n) is 15.8. The highest BCUT2D eigenvalue weighted by molar-refractivity contribution is 7.42. The first kappa shape index (κ1) is 33.9. The van der Waals surface area contributed by atoms with Gasteiger partial charge in [-0.25, -0.2) is 0 Å². The molecular formula is C37H59O3P. The molecular weight excluding hydrogens is 523 g/mol. The lowest BCUT2D eigenvalue weighted by molar-refractivity contribution is 0.252. The number of fused-ring (bicyclic) bond motifs is 2. The van der Waals surface area contributed by atoms with Crippen LogP contribution in [0.2, 0.25) is 0 Å². The van der Waals surface area contributed by atoms with E-state index in [1.807, 2.05) is 0 Å². The zero-order valence-corrected chi connectivity index (χ0v) is 29.7. The molecule has 0 saturated carbocycles. The van der Waals surface area contributed by atoms with Crippen LogP contribution >= 0.6 is 8.60 Å². The van der Waals surface area contributed by atoms with E-state index in [0.29, 0.717) is 6.61 Å². The minimum atomic E-state index is -1.63. The first-order chi connectivity index (χ1) is 18.7. The van der Waals surface area contributed by atoms with Crippen molar-refractivity contribution in [2.24, 2.45) is 5.92 Å². The molecule has 1 aliphatic rings. The number of unbranched alkanes of at least 4 members (excludes halogenated alkanes) is 2. The van der Waals surface area contributed by atoms with Gasteiger partial charge in [0.05, 0.1) is 6.61 Å². The maximum atomic E-state index is 6.99. The molecule has 0 fully saturated rings. The van der Waals surface area contributed by atoms with Crippen molar-refractivity contribution < 1.29 is 13.6 Å². The molecule has 3 nitrogen and oxygen atoms in total. The van der Waals surface area contributed by atoms with Crippen molar-refractivity contribution in [3.8, 4) is 11.5 Å². The molecule has 0 amide bonds. The zero-order chi connectivity index (χ0) is 31.0. The molecule has 0 aliphatic carbocycles. The lowest BCUT2D eigenvalue weighted by Crippen LogP contribution is -2.28. The van der Waals surface area contributed by atoms with Crippen LogP contribution in [-0.2, 0) is 32.6 Å². The third-order valence-corrected chi connectivity index (χ3v) is 9.03. The molecule has 1 unspecified atom stereocenters. The SMILES string of the molecule is CC(C)CCCCCOP1Oc2c(cccc2C(C)(C)C)Cc2c(c(C(C)(C)C)cc(C(C)(C)C)c2C(C)(C)C)O1. The van der Waals surface area contributed by atoms with Crippen LogP contribution < -0.4 is 9.05 Å².